The second-order valence-electron chi connectivity index (χ2n) is 9.80. The zero-order valence-corrected chi connectivity index (χ0v) is 22.2. The summed E-state index contributed by atoms with van der Waals surface area (Å²) in [4.78, 5) is 17.2. The van der Waals surface area contributed by atoms with Crippen LogP contribution in [0.3, 0.4) is 0 Å². The topological polar surface area (TPSA) is 56.1 Å². The summed E-state index contributed by atoms with van der Waals surface area (Å²) in [5, 5.41) is 3.07. The molecule has 0 aliphatic heterocycles. The lowest BCUT2D eigenvalue weighted by Crippen LogP contribution is -2.26. The van der Waals surface area contributed by atoms with Crippen molar-refractivity contribution in [1.29, 1.82) is 0 Å². The Morgan fingerprint density at radius 3 is 2.49 bits per heavy atom. The van der Waals surface area contributed by atoms with Crippen molar-refractivity contribution in [2.75, 3.05) is 13.2 Å². The minimum atomic E-state index is 0.0995. The number of aromatic nitrogens is 2. The molecule has 0 unspecified atom stereocenters. The van der Waals surface area contributed by atoms with Gasteiger partial charge in [-0.25, -0.2) is 4.98 Å². The van der Waals surface area contributed by atoms with E-state index >= 15 is 0 Å². The maximum absolute atomic E-state index is 12.3. The molecule has 0 aliphatic carbocycles. The number of amides is 1. The number of hydrogen-bond acceptors (Lipinski definition) is 3. The molecular weight excluding hydrogens is 458 g/mol. The van der Waals surface area contributed by atoms with Crippen LogP contribution in [0.15, 0.2) is 72.8 Å². The molecule has 1 heterocycles. The smallest absolute Gasteiger partial charge is 0.224 e. The minimum absolute atomic E-state index is 0.0995. The van der Waals surface area contributed by atoms with Crippen LogP contribution in [-0.2, 0) is 24.2 Å². The molecule has 0 saturated carbocycles. The number of aryl methyl sites for hydroxylation is 4. The Kier molecular flexibility index (Phi) is 9.75. The van der Waals surface area contributed by atoms with Crippen molar-refractivity contribution >= 4 is 16.9 Å². The number of nitrogens with zero attached hydrogens (tertiary/aromatic N) is 2. The van der Waals surface area contributed by atoms with Gasteiger partial charge in [-0.2, -0.15) is 0 Å². The SMILES string of the molecule is Cc1ccc(OCCCCn2c(CCCCCNC(=O)Cc3ccccc3C)nc3ccccc32)cc1. The van der Waals surface area contributed by atoms with Gasteiger partial charge in [-0.1, -0.05) is 60.5 Å². The van der Waals surface area contributed by atoms with Crippen molar-refractivity contribution in [2.24, 2.45) is 0 Å². The van der Waals surface area contributed by atoms with Crippen molar-refractivity contribution in [1.82, 2.24) is 14.9 Å². The fourth-order valence-electron chi connectivity index (χ4n) is 4.62. The largest absolute Gasteiger partial charge is 0.494 e. The van der Waals surface area contributed by atoms with Gasteiger partial charge in [0.2, 0.25) is 5.91 Å². The van der Waals surface area contributed by atoms with Gasteiger partial charge < -0.3 is 14.6 Å². The van der Waals surface area contributed by atoms with E-state index in [9.17, 15) is 4.79 Å². The molecule has 0 saturated heterocycles. The fourth-order valence-corrected chi connectivity index (χ4v) is 4.62. The number of fused-ring (bicyclic) bond motifs is 1. The van der Waals surface area contributed by atoms with Crippen molar-refractivity contribution in [3.05, 3.63) is 95.3 Å². The average Bonchev–Trinajstić information content (AvgIpc) is 3.25. The minimum Gasteiger partial charge on any atom is -0.494 e. The lowest BCUT2D eigenvalue weighted by atomic mass is 10.1. The number of nitrogens with one attached hydrogen (secondary N) is 1. The van der Waals surface area contributed by atoms with Crippen LogP contribution in [0.2, 0.25) is 0 Å². The van der Waals surface area contributed by atoms with Gasteiger partial charge in [0.25, 0.3) is 0 Å². The Morgan fingerprint density at radius 1 is 0.865 bits per heavy atom. The molecule has 4 rings (SSSR count). The van der Waals surface area contributed by atoms with Crippen LogP contribution in [0.5, 0.6) is 5.75 Å². The van der Waals surface area contributed by atoms with E-state index in [1.54, 1.807) is 0 Å². The first-order chi connectivity index (χ1) is 18.1. The summed E-state index contributed by atoms with van der Waals surface area (Å²) in [5.74, 6) is 2.19. The zero-order valence-electron chi connectivity index (χ0n) is 22.2. The van der Waals surface area contributed by atoms with Crippen molar-refractivity contribution in [3.8, 4) is 5.75 Å². The van der Waals surface area contributed by atoms with Crippen molar-refractivity contribution < 1.29 is 9.53 Å². The van der Waals surface area contributed by atoms with E-state index in [1.807, 2.05) is 30.3 Å². The van der Waals surface area contributed by atoms with Gasteiger partial charge in [0.05, 0.1) is 24.1 Å². The van der Waals surface area contributed by atoms with Crippen LogP contribution in [0.25, 0.3) is 11.0 Å². The molecule has 0 atom stereocenters. The highest BCUT2D eigenvalue weighted by Crippen LogP contribution is 2.19. The number of unbranched alkanes of at least 4 members (excludes halogenated alkanes) is 3. The molecule has 1 N–H and O–H groups in total. The van der Waals surface area contributed by atoms with Crippen LogP contribution in [0.1, 0.15) is 54.6 Å². The molecule has 0 radical (unpaired) electrons. The van der Waals surface area contributed by atoms with E-state index in [2.05, 4.69) is 66.2 Å². The van der Waals surface area contributed by atoms with Gasteiger partial charge in [-0.15, -0.1) is 0 Å². The summed E-state index contributed by atoms with van der Waals surface area (Å²) < 4.78 is 8.28. The molecule has 0 spiro atoms. The van der Waals surface area contributed by atoms with E-state index in [-0.39, 0.29) is 5.91 Å². The van der Waals surface area contributed by atoms with E-state index in [0.29, 0.717) is 6.42 Å². The van der Waals surface area contributed by atoms with E-state index in [1.165, 1.54) is 16.6 Å². The highest BCUT2D eigenvalue weighted by atomic mass is 16.5. The predicted octanol–water partition coefficient (Wildman–Crippen LogP) is 6.58. The molecule has 1 aromatic heterocycles. The molecule has 37 heavy (non-hydrogen) atoms. The molecule has 4 aromatic rings. The first kappa shape index (κ1) is 26.5. The predicted molar refractivity (Wildman–Crippen MR) is 151 cm³/mol. The Hall–Kier alpha value is -3.60. The zero-order chi connectivity index (χ0) is 25.9. The first-order valence-corrected chi connectivity index (χ1v) is 13.5. The van der Waals surface area contributed by atoms with Crippen LogP contribution in [0, 0.1) is 13.8 Å². The lowest BCUT2D eigenvalue weighted by Gasteiger charge is -2.11. The van der Waals surface area contributed by atoms with Gasteiger partial charge in [0.15, 0.2) is 0 Å². The second kappa shape index (κ2) is 13.6. The molecule has 194 valence electrons. The highest BCUT2D eigenvalue weighted by molar-refractivity contribution is 5.78. The number of rotatable bonds is 14. The number of carbonyl (C=O) groups excluding carboxylic acids is 1. The Labute approximate surface area is 220 Å². The van der Waals surface area contributed by atoms with E-state index in [4.69, 9.17) is 9.72 Å². The van der Waals surface area contributed by atoms with Gasteiger partial charge >= 0.3 is 0 Å². The summed E-state index contributed by atoms with van der Waals surface area (Å²) in [6.07, 6.45) is 6.56. The Morgan fingerprint density at radius 2 is 1.65 bits per heavy atom. The molecule has 0 aliphatic rings. The lowest BCUT2D eigenvalue weighted by molar-refractivity contribution is -0.120. The monoisotopic (exact) mass is 497 g/mol. The van der Waals surface area contributed by atoms with Gasteiger partial charge in [0, 0.05) is 19.5 Å². The number of imidazole rings is 1. The summed E-state index contributed by atoms with van der Waals surface area (Å²) in [6, 6.07) is 24.7. The summed E-state index contributed by atoms with van der Waals surface area (Å²) in [7, 11) is 0. The van der Waals surface area contributed by atoms with E-state index < -0.39 is 0 Å². The number of hydrogen-bond donors (Lipinski definition) is 1. The Balaban J connectivity index is 1.19. The number of para-hydroxylation sites is 2. The third-order valence-corrected chi connectivity index (χ3v) is 6.81. The van der Waals surface area contributed by atoms with Crippen LogP contribution in [0.4, 0.5) is 0 Å². The summed E-state index contributed by atoms with van der Waals surface area (Å²) in [5.41, 5.74) is 5.78. The molecular formula is C32H39N3O2. The van der Waals surface area contributed by atoms with Gasteiger partial charge in [-0.3, -0.25) is 4.79 Å². The second-order valence-corrected chi connectivity index (χ2v) is 9.80. The molecule has 5 heteroatoms. The third-order valence-electron chi connectivity index (χ3n) is 6.81. The molecule has 1 amide bonds. The van der Waals surface area contributed by atoms with Crippen LogP contribution < -0.4 is 10.1 Å². The normalized spacial score (nSPS) is 11.1. The van der Waals surface area contributed by atoms with Gasteiger partial charge in [-0.05, 0) is 74.9 Å². The number of ether oxygens (including phenoxy) is 1. The molecule has 0 fully saturated rings. The summed E-state index contributed by atoms with van der Waals surface area (Å²) >= 11 is 0. The van der Waals surface area contributed by atoms with Crippen molar-refractivity contribution in [3.63, 3.8) is 0 Å². The van der Waals surface area contributed by atoms with Crippen LogP contribution >= 0.6 is 0 Å². The maximum atomic E-state index is 12.3. The van der Waals surface area contributed by atoms with Crippen LogP contribution in [-0.4, -0.2) is 28.6 Å². The summed E-state index contributed by atoms with van der Waals surface area (Å²) in [6.45, 7) is 6.53. The molecule has 5 nitrogen and oxygen atoms in total. The van der Waals surface area contributed by atoms with E-state index in [0.717, 1.165) is 80.9 Å². The average molecular weight is 498 g/mol. The number of carbonyl (C=O) groups is 1. The molecule has 3 aromatic carbocycles. The van der Waals surface area contributed by atoms with Crippen molar-refractivity contribution in [2.45, 2.75) is 65.3 Å². The third kappa shape index (κ3) is 7.94. The maximum Gasteiger partial charge on any atom is 0.224 e. The quantitative estimate of drug-likeness (QED) is 0.200. The highest BCUT2D eigenvalue weighted by Gasteiger charge is 2.10. The van der Waals surface area contributed by atoms with Gasteiger partial charge in [0.1, 0.15) is 11.6 Å². The number of benzene rings is 3. The Bertz CT molecular complexity index is 1280. The fraction of sp³-hybridized carbons (Fsp3) is 0.375. The first-order valence-electron chi connectivity index (χ1n) is 13.5. The standard InChI is InChI=1S/C32H39N3O2/c1-25-17-19-28(20-18-25)37-23-11-10-22-35-30-15-8-7-14-29(30)34-31(35)16-4-3-9-21-33-32(36)24-27-13-6-5-12-26(27)2/h5-8,12-15,17-20H,3-4,9-11,16,21-24H2,1-2H3,(H,33,36). The molecule has 0 bridgehead atoms.